The van der Waals surface area contributed by atoms with Gasteiger partial charge < -0.3 is 14.4 Å². The van der Waals surface area contributed by atoms with E-state index in [9.17, 15) is 13.2 Å². The number of fused-ring (bicyclic) bond motifs is 1. The summed E-state index contributed by atoms with van der Waals surface area (Å²) in [6.45, 7) is 1.23. The highest BCUT2D eigenvalue weighted by atomic mass is 32.2. The van der Waals surface area contributed by atoms with E-state index in [2.05, 4.69) is 0 Å². The Balaban J connectivity index is 1.58. The number of rotatable bonds is 3. The van der Waals surface area contributed by atoms with Crippen molar-refractivity contribution in [2.24, 2.45) is 0 Å². The lowest BCUT2D eigenvalue weighted by Crippen LogP contribution is -2.52. The standard InChI is InChI=1S/C16H22N2O5S/c1-17(24(2,20)21)12-7-9-18(10-8-12)16(19)15-11-22-13-5-3-4-6-14(13)23-15/h3-6,12,15H,7-11H2,1-2H3/t15-/m0/s1. The summed E-state index contributed by atoms with van der Waals surface area (Å²) in [6.07, 6.45) is 1.80. The van der Waals surface area contributed by atoms with Gasteiger partial charge in [0.15, 0.2) is 11.5 Å². The molecule has 0 aliphatic carbocycles. The molecular formula is C16H22N2O5S. The van der Waals surface area contributed by atoms with Crippen LogP contribution in [-0.2, 0) is 14.8 Å². The van der Waals surface area contributed by atoms with E-state index < -0.39 is 16.1 Å². The van der Waals surface area contributed by atoms with Crippen molar-refractivity contribution in [3.8, 4) is 11.5 Å². The molecular weight excluding hydrogens is 332 g/mol. The Labute approximate surface area is 142 Å². The topological polar surface area (TPSA) is 76.2 Å². The summed E-state index contributed by atoms with van der Waals surface area (Å²) >= 11 is 0. The van der Waals surface area contributed by atoms with E-state index >= 15 is 0 Å². The first-order valence-corrected chi connectivity index (χ1v) is 9.81. The highest BCUT2D eigenvalue weighted by Gasteiger charge is 2.34. The first-order chi connectivity index (χ1) is 11.4. The third-order valence-electron chi connectivity index (χ3n) is 4.60. The predicted octanol–water partition coefficient (Wildman–Crippen LogP) is 0.709. The van der Waals surface area contributed by atoms with Gasteiger partial charge in [-0.1, -0.05) is 12.1 Å². The summed E-state index contributed by atoms with van der Waals surface area (Å²) in [5, 5.41) is 0. The zero-order valence-electron chi connectivity index (χ0n) is 13.8. The normalized spacial score (nSPS) is 21.8. The van der Waals surface area contributed by atoms with E-state index in [0.717, 1.165) is 0 Å². The van der Waals surface area contributed by atoms with Gasteiger partial charge >= 0.3 is 0 Å². The summed E-state index contributed by atoms with van der Waals surface area (Å²) in [4.78, 5) is 14.4. The van der Waals surface area contributed by atoms with Gasteiger partial charge in [-0.2, -0.15) is 0 Å². The molecule has 24 heavy (non-hydrogen) atoms. The summed E-state index contributed by atoms with van der Waals surface area (Å²) < 4.78 is 36.0. The minimum atomic E-state index is -3.21. The number of hydrogen-bond donors (Lipinski definition) is 0. The SMILES string of the molecule is CN(C1CCN(C(=O)[C@@H]2COc3ccccc3O2)CC1)S(C)(=O)=O. The molecule has 0 spiro atoms. The minimum Gasteiger partial charge on any atom is -0.485 e. The van der Waals surface area contributed by atoms with E-state index in [4.69, 9.17) is 9.47 Å². The second-order valence-corrected chi connectivity index (χ2v) is 8.24. The molecule has 1 atom stereocenters. The number of sulfonamides is 1. The van der Waals surface area contributed by atoms with E-state index in [1.54, 1.807) is 18.0 Å². The molecule has 8 heteroatoms. The van der Waals surface area contributed by atoms with Crippen molar-refractivity contribution in [2.45, 2.75) is 25.0 Å². The summed E-state index contributed by atoms with van der Waals surface area (Å²) in [7, 11) is -1.62. The first kappa shape index (κ1) is 17.0. The first-order valence-electron chi connectivity index (χ1n) is 7.96. The van der Waals surface area contributed by atoms with Crippen molar-refractivity contribution >= 4 is 15.9 Å². The van der Waals surface area contributed by atoms with Crippen LogP contribution >= 0.6 is 0 Å². The molecule has 0 unspecified atom stereocenters. The Hall–Kier alpha value is -1.80. The van der Waals surface area contributed by atoms with Crippen molar-refractivity contribution < 1.29 is 22.7 Å². The maximum Gasteiger partial charge on any atom is 0.267 e. The van der Waals surface area contributed by atoms with Crippen LogP contribution in [0.4, 0.5) is 0 Å². The molecule has 0 bridgehead atoms. The van der Waals surface area contributed by atoms with E-state index in [1.807, 2.05) is 18.2 Å². The fourth-order valence-electron chi connectivity index (χ4n) is 3.07. The van der Waals surface area contributed by atoms with Crippen LogP contribution in [0.25, 0.3) is 0 Å². The smallest absolute Gasteiger partial charge is 0.267 e. The molecule has 132 valence electrons. The fourth-order valence-corrected chi connectivity index (χ4v) is 3.82. The van der Waals surface area contributed by atoms with Gasteiger partial charge in [-0.05, 0) is 25.0 Å². The molecule has 1 aromatic rings. The molecule has 0 radical (unpaired) electrons. The largest absolute Gasteiger partial charge is 0.485 e. The molecule has 1 saturated heterocycles. The van der Waals surface area contributed by atoms with Crippen LogP contribution in [0.2, 0.25) is 0 Å². The zero-order chi connectivity index (χ0) is 17.3. The lowest BCUT2D eigenvalue weighted by Gasteiger charge is -2.37. The lowest BCUT2D eigenvalue weighted by atomic mass is 10.0. The van der Waals surface area contributed by atoms with Gasteiger partial charge in [0.25, 0.3) is 5.91 Å². The molecule has 0 aromatic heterocycles. The van der Waals surface area contributed by atoms with Gasteiger partial charge in [0.2, 0.25) is 16.1 Å². The van der Waals surface area contributed by atoms with E-state index in [-0.39, 0.29) is 18.6 Å². The number of para-hydroxylation sites is 2. The number of ether oxygens (including phenoxy) is 2. The molecule has 7 nitrogen and oxygen atoms in total. The molecule has 2 aliphatic rings. The van der Waals surface area contributed by atoms with Crippen molar-refractivity contribution in [2.75, 3.05) is 33.0 Å². The molecule has 0 N–H and O–H groups in total. The summed E-state index contributed by atoms with van der Waals surface area (Å²) in [5.74, 6) is 1.12. The van der Waals surface area contributed by atoms with Crippen molar-refractivity contribution in [3.05, 3.63) is 24.3 Å². The van der Waals surface area contributed by atoms with Gasteiger partial charge in [0, 0.05) is 26.2 Å². The molecule has 2 aliphatic heterocycles. The molecule has 3 rings (SSSR count). The highest BCUT2D eigenvalue weighted by molar-refractivity contribution is 7.88. The molecule has 1 fully saturated rings. The van der Waals surface area contributed by atoms with Crippen LogP contribution in [0.3, 0.4) is 0 Å². The number of piperidine rings is 1. The molecule has 0 saturated carbocycles. The van der Waals surface area contributed by atoms with Gasteiger partial charge in [0.05, 0.1) is 6.26 Å². The highest BCUT2D eigenvalue weighted by Crippen LogP contribution is 2.31. The Morgan fingerprint density at radius 3 is 2.46 bits per heavy atom. The number of likely N-dealkylation sites (tertiary alicyclic amines) is 1. The maximum atomic E-state index is 12.6. The van der Waals surface area contributed by atoms with Crippen molar-refractivity contribution in [1.29, 1.82) is 0 Å². The van der Waals surface area contributed by atoms with Crippen LogP contribution in [0.15, 0.2) is 24.3 Å². The summed E-state index contributed by atoms with van der Waals surface area (Å²) in [5.41, 5.74) is 0. The maximum absolute atomic E-state index is 12.6. The Kier molecular flexibility index (Phi) is 4.69. The molecule has 1 aromatic carbocycles. The van der Waals surface area contributed by atoms with Crippen LogP contribution in [-0.4, -0.2) is 68.7 Å². The Morgan fingerprint density at radius 1 is 1.21 bits per heavy atom. The fraction of sp³-hybridized carbons (Fsp3) is 0.562. The third-order valence-corrected chi connectivity index (χ3v) is 5.94. The number of carbonyl (C=O) groups excluding carboxylic acids is 1. The second kappa shape index (κ2) is 6.60. The average Bonchev–Trinajstić information content (AvgIpc) is 2.59. The molecule has 2 heterocycles. The quantitative estimate of drug-likeness (QED) is 0.799. The number of hydrogen-bond acceptors (Lipinski definition) is 5. The minimum absolute atomic E-state index is 0.0618. The van der Waals surface area contributed by atoms with E-state index in [1.165, 1.54) is 10.6 Å². The van der Waals surface area contributed by atoms with Crippen LogP contribution in [0.5, 0.6) is 11.5 Å². The Bertz CT molecular complexity index is 713. The predicted molar refractivity (Wildman–Crippen MR) is 88.6 cm³/mol. The number of amides is 1. The van der Waals surface area contributed by atoms with Crippen LogP contribution in [0.1, 0.15) is 12.8 Å². The number of nitrogens with zero attached hydrogens (tertiary/aromatic N) is 2. The zero-order valence-corrected chi connectivity index (χ0v) is 14.7. The van der Waals surface area contributed by atoms with Gasteiger partial charge in [-0.3, -0.25) is 4.79 Å². The van der Waals surface area contributed by atoms with Crippen LogP contribution in [0, 0.1) is 0 Å². The van der Waals surface area contributed by atoms with Gasteiger partial charge in [-0.25, -0.2) is 12.7 Å². The number of benzene rings is 1. The number of carbonyl (C=O) groups is 1. The van der Waals surface area contributed by atoms with Gasteiger partial charge in [-0.15, -0.1) is 0 Å². The Morgan fingerprint density at radius 2 is 1.83 bits per heavy atom. The molecule has 1 amide bonds. The second-order valence-electron chi connectivity index (χ2n) is 6.20. The third kappa shape index (κ3) is 3.49. The lowest BCUT2D eigenvalue weighted by molar-refractivity contribution is -0.142. The monoisotopic (exact) mass is 354 g/mol. The summed E-state index contributed by atoms with van der Waals surface area (Å²) in [6, 6.07) is 7.22. The van der Waals surface area contributed by atoms with Crippen LogP contribution < -0.4 is 9.47 Å². The van der Waals surface area contributed by atoms with Crippen molar-refractivity contribution in [1.82, 2.24) is 9.21 Å². The van der Waals surface area contributed by atoms with Crippen molar-refractivity contribution in [3.63, 3.8) is 0 Å². The van der Waals surface area contributed by atoms with E-state index in [0.29, 0.717) is 37.4 Å². The van der Waals surface area contributed by atoms with Gasteiger partial charge in [0.1, 0.15) is 6.61 Å². The average molecular weight is 354 g/mol.